The number of carbonyl (C=O) groups is 1. The van der Waals surface area contributed by atoms with Crippen LogP contribution in [0.2, 0.25) is 0 Å². The van der Waals surface area contributed by atoms with E-state index in [-0.39, 0.29) is 11.8 Å². The fourth-order valence-electron chi connectivity index (χ4n) is 3.01. The Hall–Kier alpha value is -1.79. The summed E-state index contributed by atoms with van der Waals surface area (Å²) in [6.07, 6.45) is 0. The molecule has 1 atom stereocenters. The minimum absolute atomic E-state index is 0.121. The monoisotopic (exact) mass is 305 g/mol. The van der Waals surface area contributed by atoms with E-state index in [1.165, 1.54) is 0 Å². The summed E-state index contributed by atoms with van der Waals surface area (Å²) in [5.41, 5.74) is 6.68. The highest BCUT2D eigenvalue weighted by atomic mass is 16.6. The summed E-state index contributed by atoms with van der Waals surface area (Å²) in [4.78, 5) is 16.0. The van der Waals surface area contributed by atoms with E-state index < -0.39 is 0 Å². The van der Waals surface area contributed by atoms with E-state index in [1.807, 2.05) is 19.2 Å². The van der Waals surface area contributed by atoms with Gasteiger partial charge in [0, 0.05) is 32.7 Å². The number of hydrogen-bond acceptors (Lipinski definition) is 5. The Bertz CT molecular complexity index is 549. The highest BCUT2D eigenvalue weighted by molar-refractivity contribution is 5.77. The number of carbonyl (C=O) groups excluding carboxylic acids is 1. The van der Waals surface area contributed by atoms with E-state index in [2.05, 4.69) is 15.9 Å². The zero-order chi connectivity index (χ0) is 15.5. The molecule has 120 valence electrons. The highest BCUT2D eigenvalue weighted by Gasteiger charge is 2.25. The van der Waals surface area contributed by atoms with Crippen molar-refractivity contribution in [2.75, 3.05) is 46.4 Å². The quantitative estimate of drug-likeness (QED) is 0.870. The Morgan fingerprint density at radius 1 is 1.23 bits per heavy atom. The molecule has 0 aromatic heterocycles. The molecule has 0 bridgehead atoms. The lowest BCUT2D eigenvalue weighted by Gasteiger charge is -2.24. The summed E-state index contributed by atoms with van der Waals surface area (Å²) in [6.45, 7) is 5.28. The van der Waals surface area contributed by atoms with Gasteiger partial charge >= 0.3 is 0 Å². The van der Waals surface area contributed by atoms with Crippen LogP contribution < -0.4 is 15.2 Å². The Kier molecular flexibility index (Phi) is 4.49. The topological polar surface area (TPSA) is 68.0 Å². The van der Waals surface area contributed by atoms with Crippen LogP contribution in [0.4, 0.5) is 0 Å². The van der Waals surface area contributed by atoms with Gasteiger partial charge in [-0.2, -0.15) is 0 Å². The SMILES string of the molecule is CN1CCN(Cc2ccc3c(c2)OCCO3)C[C@@H](C(N)=O)C1. The van der Waals surface area contributed by atoms with Crippen LogP contribution >= 0.6 is 0 Å². The second kappa shape index (κ2) is 6.54. The molecule has 3 rings (SSSR count). The first kappa shape index (κ1) is 15.1. The van der Waals surface area contributed by atoms with E-state index >= 15 is 0 Å². The average Bonchev–Trinajstić information content (AvgIpc) is 2.69. The molecule has 0 radical (unpaired) electrons. The molecule has 1 aromatic carbocycles. The largest absolute Gasteiger partial charge is 0.486 e. The smallest absolute Gasteiger partial charge is 0.223 e. The summed E-state index contributed by atoms with van der Waals surface area (Å²) in [6, 6.07) is 6.04. The van der Waals surface area contributed by atoms with Crippen molar-refractivity contribution in [1.82, 2.24) is 9.80 Å². The molecule has 2 aliphatic heterocycles. The second-order valence-electron chi connectivity index (χ2n) is 6.07. The fraction of sp³-hybridized carbons (Fsp3) is 0.562. The molecule has 1 amide bonds. The predicted octanol–water partition coefficient (Wildman–Crippen LogP) is 0.307. The van der Waals surface area contributed by atoms with Crippen LogP contribution in [-0.4, -0.2) is 62.1 Å². The number of primary amides is 1. The summed E-state index contributed by atoms with van der Waals surface area (Å²) in [7, 11) is 2.03. The first-order valence-electron chi connectivity index (χ1n) is 7.70. The van der Waals surface area contributed by atoms with Gasteiger partial charge in [-0.3, -0.25) is 9.69 Å². The number of nitrogens with zero attached hydrogens (tertiary/aromatic N) is 2. The molecule has 0 aliphatic carbocycles. The number of fused-ring (bicyclic) bond motifs is 1. The van der Waals surface area contributed by atoms with Crippen molar-refractivity contribution in [3.8, 4) is 11.5 Å². The first-order chi connectivity index (χ1) is 10.6. The van der Waals surface area contributed by atoms with Gasteiger partial charge in [0.25, 0.3) is 0 Å². The third kappa shape index (κ3) is 3.51. The lowest BCUT2D eigenvalue weighted by molar-refractivity contribution is -0.122. The molecule has 1 saturated heterocycles. The van der Waals surface area contributed by atoms with E-state index in [1.54, 1.807) is 0 Å². The molecule has 0 saturated carbocycles. The van der Waals surface area contributed by atoms with E-state index in [0.29, 0.717) is 19.8 Å². The van der Waals surface area contributed by atoms with Gasteiger partial charge in [0.05, 0.1) is 5.92 Å². The lowest BCUT2D eigenvalue weighted by Crippen LogP contribution is -2.37. The molecule has 2 heterocycles. The van der Waals surface area contributed by atoms with E-state index in [0.717, 1.165) is 43.2 Å². The Balaban J connectivity index is 1.70. The predicted molar refractivity (Wildman–Crippen MR) is 82.9 cm³/mol. The fourth-order valence-corrected chi connectivity index (χ4v) is 3.01. The van der Waals surface area contributed by atoms with Gasteiger partial charge in [-0.25, -0.2) is 0 Å². The van der Waals surface area contributed by atoms with Gasteiger partial charge in [0.1, 0.15) is 13.2 Å². The van der Waals surface area contributed by atoms with Crippen molar-refractivity contribution >= 4 is 5.91 Å². The molecule has 2 N–H and O–H groups in total. The zero-order valence-corrected chi connectivity index (χ0v) is 13.0. The van der Waals surface area contributed by atoms with Gasteiger partial charge in [0.15, 0.2) is 11.5 Å². The van der Waals surface area contributed by atoms with Crippen molar-refractivity contribution in [3.63, 3.8) is 0 Å². The summed E-state index contributed by atoms with van der Waals surface area (Å²) < 4.78 is 11.2. The van der Waals surface area contributed by atoms with Crippen LogP contribution in [0, 0.1) is 5.92 Å². The molecule has 6 heteroatoms. The second-order valence-corrected chi connectivity index (χ2v) is 6.07. The third-order valence-electron chi connectivity index (χ3n) is 4.22. The van der Waals surface area contributed by atoms with Crippen molar-refractivity contribution in [1.29, 1.82) is 0 Å². The maximum atomic E-state index is 11.6. The number of hydrogen-bond donors (Lipinski definition) is 1. The van der Waals surface area contributed by atoms with Gasteiger partial charge in [-0.1, -0.05) is 6.07 Å². The van der Waals surface area contributed by atoms with Gasteiger partial charge in [0.2, 0.25) is 5.91 Å². The van der Waals surface area contributed by atoms with Crippen LogP contribution in [0.5, 0.6) is 11.5 Å². The van der Waals surface area contributed by atoms with Gasteiger partial charge < -0.3 is 20.1 Å². The third-order valence-corrected chi connectivity index (χ3v) is 4.22. The molecule has 22 heavy (non-hydrogen) atoms. The molecule has 1 aromatic rings. The van der Waals surface area contributed by atoms with Crippen LogP contribution in [0.1, 0.15) is 5.56 Å². The molecule has 0 spiro atoms. The lowest BCUT2D eigenvalue weighted by atomic mass is 10.1. The number of benzene rings is 1. The van der Waals surface area contributed by atoms with Crippen molar-refractivity contribution in [2.45, 2.75) is 6.54 Å². The summed E-state index contributed by atoms with van der Waals surface area (Å²) >= 11 is 0. The van der Waals surface area contributed by atoms with E-state index in [9.17, 15) is 4.79 Å². The Morgan fingerprint density at radius 2 is 2.00 bits per heavy atom. The van der Waals surface area contributed by atoms with Crippen molar-refractivity contribution in [3.05, 3.63) is 23.8 Å². The number of ether oxygens (including phenoxy) is 2. The number of amides is 1. The maximum absolute atomic E-state index is 11.6. The summed E-state index contributed by atoms with van der Waals surface area (Å²) in [5, 5.41) is 0. The van der Waals surface area contributed by atoms with Crippen LogP contribution in [0.3, 0.4) is 0 Å². The maximum Gasteiger partial charge on any atom is 0.223 e. The van der Waals surface area contributed by atoms with Crippen molar-refractivity contribution in [2.24, 2.45) is 11.7 Å². The van der Waals surface area contributed by atoms with Crippen LogP contribution in [-0.2, 0) is 11.3 Å². The highest BCUT2D eigenvalue weighted by Crippen LogP contribution is 2.31. The van der Waals surface area contributed by atoms with E-state index in [4.69, 9.17) is 15.2 Å². The molecule has 1 fully saturated rings. The van der Waals surface area contributed by atoms with Crippen LogP contribution in [0.15, 0.2) is 18.2 Å². The number of nitrogens with two attached hydrogens (primary N) is 1. The normalized spacial score (nSPS) is 23.0. The number of likely N-dealkylation sites (N-methyl/N-ethyl adjacent to an activating group) is 1. The first-order valence-corrected chi connectivity index (χ1v) is 7.70. The number of rotatable bonds is 3. The summed E-state index contributed by atoms with van der Waals surface area (Å²) in [5.74, 6) is 1.27. The van der Waals surface area contributed by atoms with Gasteiger partial charge in [-0.15, -0.1) is 0 Å². The van der Waals surface area contributed by atoms with Gasteiger partial charge in [-0.05, 0) is 24.7 Å². The standard InChI is InChI=1S/C16H23N3O3/c1-18-4-5-19(11-13(10-18)16(17)20)9-12-2-3-14-15(8-12)22-7-6-21-14/h2-3,8,13H,4-7,9-11H2,1H3,(H2,17,20)/t13-/m0/s1. The molecule has 2 aliphatic rings. The zero-order valence-electron chi connectivity index (χ0n) is 13.0. The minimum Gasteiger partial charge on any atom is -0.486 e. The van der Waals surface area contributed by atoms with Crippen molar-refractivity contribution < 1.29 is 14.3 Å². The molecular formula is C16H23N3O3. The Labute approximate surface area is 130 Å². The molecule has 6 nitrogen and oxygen atoms in total. The molecular weight excluding hydrogens is 282 g/mol. The average molecular weight is 305 g/mol. The Morgan fingerprint density at radius 3 is 2.77 bits per heavy atom. The molecule has 0 unspecified atom stereocenters. The minimum atomic E-state index is -0.221. The van der Waals surface area contributed by atoms with Crippen LogP contribution in [0.25, 0.3) is 0 Å².